The van der Waals surface area contributed by atoms with E-state index >= 15 is 0 Å². The fourth-order valence-electron chi connectivity index (χ4n) is 2.77. The van der Waals surface area contributed by atoms with Gasteiger partial charge >= 0.3 is 108 Å². The van der Waals surface area contributed by atoms with Gasteiger partial charge in [-0.15, -0.1) is 24.8 Å². The smallest absolute Gasteiger partial charge is 0.147 e. The summed E-state index contributed by atoms with van der Waals surface area (Å²) in [6.07, 6.45) is 3.65. The molecule has 18 heavy (non-hydrogen) atoms. The summed E-state index contributed by atoms with van der Waals surface area (Å²) in [7, 11) is 3.88. The molecule has 2 atom stereocenters. The number of allylic oxidation sites excluding steroid dienone is 2. The van der Waals surface area contributed by atoms with E-state index in [1.807, 2.05) is 0 Å². The first-order chi connectivity index (χ1) is 7.70. The average Bonchev–Trinajstić information content (AvgIpc) is 2.78. The SMILES string of the molecule is COc1ccc2c(c1)N(C)C1=C[CH]([Ti])CC12.Cl.Cl. The number of nitrogens with zero attached hydrogens (tertiary/aromatic N) is 1. The summed E-state index contributed by atoms with van der Waals surface area (Å²) in [5, 5.41) is 0. The zero-order valence-corrected chi connectivity index (χ0v) is 13.5. The predicted molar refractivity (Wildman–Crippen MR) is 75.1 cm³/mol. The maximum absolute atomic E-state index is 5.28. The first-order valence-corrected chi connectivity index (χ1v) is 6.45. The quantitative estimate of drug-likeness (QED) is 0.732. The van der Waals surface area contributed by atoms with E-state index in [1.165, 1.54) is 23.4 Å². The maximum atomic E-state index is 5.28. The van der Waals surface area contributed by atoms with Crippen molar-refractivity contribution in [1.82, 2.24) is 0 Å². The molecule has 0 N–H and O–H groups in total. The van der Waals surface area contributed by atoms with Crippen molar-refractivity contribution in [3.63, 3.8) is 0 Å². The molecular formula is C13H16Cl2NOTi. The van der Waals surface area contributed by atoms with Crippen molar-refractivity contribution < 1.29 is 25.2 Å². The van der Waals surface area contributed by atoms with E-state index in [1.54, 1.807) is 7.11 Å². The third kappa shape index (κ3) is 2.32. The molecule has 0 radical (unpaired) electrons. The van der Waals surface area contributed by atoms with Crippen LogP contribution in [0.15, 0.2) is 30.0 Å². The van der Waals surface area contributed by atoms with Crippen molar-refractivity contribution in [3.8, 4) is 5.75 Å². The van der Waals surface area contributed by atoms with Crippen molar-refractivity contribution in [1.29, 1.82) is 0 Å². The van der Waals surface area contributed by atoms with Gasteiger partial charge in [-0.05, 0) is 0 Å². The van der Waals surface area contributed by atoms with Gasteiger partial charge in [0.1, 0.15) is 0 Å². The van der Waals surface area contributed by atoms with Gasteiger partial charge in [0.2, 0.25) is 0 Å². The molecule has 5 heteroatoms. The molecular weight excluding hydrogens is 305 g/mol. The zero-order chi connectivity index (χ0) is 11.3. The van der Waals surface area contributed by atoms with E-state index < -0.39 is 0 Å². The van der Waals surface area contributed by atoms with Gasteiger partial charge in [-0.25, -0.2) is 0 Å². The number of anilines is 1. The van der Waals surface area contributed by atoms with E-state index in [0.717, 1.165) is 5.75 Å². The number of benzene rings is 1. The van der Waals surface area contributed by atoms with Crippen LogP contribution in [0.2, 0.25) is 4.22 Å². The summed E-state index contributed by atoms with van der Waals surface area (Å²) in [4.78, 5) is 2.31. The Hall–Kier alpha value is -0.146. The molecule has 1 aromatic rings. The number of hydrogen-bond donors (Lipinski definition) is 0. The van der Waals surface area contributed by atoms with E-state index in [4.69, 9.17) is 4.74 Å². The Morgan fingerprint density at radius 2 is 2.06 bits per heavy atom. The van der Waals surface area contributed by atoms with Crippen LogP contribution in [0.25, 0.3) is 0 Å². The molecule has 1 heterocycles. The third-order valence-corrected chi connectivity index (χ3v) is 4.21. The Labute approximate surface area is 132 Å². The van der Waals surface area contributed by atoms with Gasteiger partial charge in [0.25, 0.3) is 0 Å². The summed E-state index contributed by atoms with van der Waals surface area (Å²) in [5.74, 6) is 1.56. The molecule has 1 aliphatic heterocycles. The fraction of sp³-hybridized carbons (Fsp3) is 0.385. The van der Waals surface area contributed by atoms with Crippen LogP contribution in [-0.2, 0) is 20.4 Å². The third-order valence-electron chi connectivity index (χ3n) is 3.58. The van der Waals surface area contributed by atoms with Crippen LogP contribution in [0.3, 0.4) is 0 Å². The molecule has 0 spiro atoms. The second-order valence-electron chi connectivity index (χ2n) is 4.47. The topological polar surface area (TPSA) is 12.5 Å². The Morgan fingerprint density at radius 1 is 1.33 bits per heavy atom. The van der Waals surface area contributed by atoms with Crippen LogP contribution in [0.4, 0.5) is 5.69 Å². The standard InChI is InChI=1S/C13H14NO.2ClH.Ti/c1-14-12-5-3-4-10(12)11-7-6-9(15-2)8-13(11)14;;;/h3,5-8,10H,4H2,1-2H3;2*1H;. The zero-order valence-electron chi connectivity index (χ0n) is 10.3. The van der Waals surface area contributed by atoms with Gasteiger partial charge in [-0.2, -0.15) is 0 Å². The van der Waals surface area contributed by atoms with Crippen LogP contribution in [0.1, 0.15) is 17.9 Å². The summed E-state index contributed by atoms with van der Waals surface area (Å²) < 4.78 is 5.99. The van der Waals surface area contributed by atoms with Crippen molar-refractivity contribution in [3.05, 3.63) is 35.5 Å². The first-order valence-electron chi connectivity index (χ1n) is 5.55. The minimum Gasteiger partial charge on any atom is -0.147 e. The molecule has 1 aromatic carbocycles. The van der Waals surface area contributed by atoms with Crippen LogP contribution in [0.5, 0.6) is 5.75 Å². The molecule has 0 bridgehead atoms. The van der Waals surface area contributed by atoms with Gasteiger partial charge in [0.15, 0.2) is 0 Å². The molecule has 2 nitrogen and oxygen atoms in total. The van der Waals surface area contributed by atoms with Gasteiger partial charge < -0.3 is 0 Å². The van der Waals surface area contributed by atoms with E-state index in [0.29, 0.717) is 10.1 Å². The number of halogens is 2. The number of likely N-dealkylation sites (N-methyl/N-ethyl adjacent to an activating group) is 1. The van der Waals surface area contributed by atoms with E-state index in [9.17, 15) is 0 Å². The second-order valence-corrected chi connectivity index (χ2v) is 5.63. The maximum Gasteiger partial charge on any atom is -0.147 e. The Bertz CT molecular complexity index is 478. The van der Waals surface area contributed by atoms with Crippen LogP contribution >= 0.6 is 24.8 Å². The fourth-order valence-corrected chi connectivity index (χ4v) is 3.41. The van der Waals surface area contributed by atoms with Gasteiger partial charge in [-0.3, -0.25) is 0 Å². The molecule has 1 aliphatic carbocycles. The monoisotopic (exact) mass is 320 g/mol. The van der Waals surface area contributed by atoms with Crippen molar-refractivity contribution in [2.24, 2.45) is 0 Å². The van der Waals surface area contributed by atoms with Crippen LogP contribution < -0.4 is 9.64 Å². The summed E-state index contributed by atoms with van der Waals surface area (Å²) in [6, 6.07) is 6.42. The number of hydrogen-bond acceptors (Lipinski definition) is 2. The number of methoxy groups -OCH3 is 1. The largest absolute Gasteiger partial charge is 0.147 e. The Balaban J connectivity index is 0.000000810. The van der Waals surface area contributed by atoms with E-state index in [2.05, 4.69) is 56.7 Å². The minimum atomic E-state index is 0. The molecule has 2 unspecified atom stereocenters. The number of ether oxygens (including phenoxy) is 1. The summed E-state index contributed by atoms with van der Waals surface area (Å²) in [5.41, 5.74) is 4.23. The molecule has 0 fully saturated rings. The average molecular weight is 321 g/mol. The Morgan fingerprint density at radius 3 is 2.72 bits per heavy atom. The normalized spacial score (nSPS) is 23.4. The molecule has 2 aliphatic rings. The molecule has 3 rings (SSSR count). The summed E-state index contributed by atoms with van der Waals surface area (Å²) >= 11 is 2.29. The number of fused-ring (bicyclic) bond motifs is 3. The molecule has 97 valence electrons. The van der Waals surface area contributed by atoms with Gasteiger partial charge in [0, 0.05) is 0 Å². The summed E-state index contributed by atoms with van der Waals surface area (Å²) in [6.45, 7) is 0. The van der Waals surface area contributed by atoms with E-state index in [-0.39, 0.29) is 24.8 Å². The Kier molecular flexibility index (Phi) is 5.19. The minimum absolute atomic E-state index is 0. The predicted octanol–water partition coefficient (Wildman–Crippen LogP) is 3.70. The first kappa shape index (κ1) is 15.9. The van der Waals surface area contributed by atoms with Crippen LogP contribution in [-0.4, -0.2) is 14.2 Å². The second kappa shape index (κ2) is 5.87. The molecule has 0 saturated carbocycles. The van der Waals surface area contributed by atoms with Gasteiger partial charge in [-0.1, -0.05) is 0 Å². The molecule has 0 aromatic heterocycles. The molecule has 0 saturated heterocycles. The van der Waals surface area contributed by atoms with Gasteiger partial charge in [0.05, 0.1) is 0 Å². The molecule has 0 amide bonds. The number of rotatable bonds is 1. The van der Waals surface area contributed by atoms with Crippen molar-refractivity contribution in [2.45, 2.75) is 16.6 Å². The van der Waals surface area contributed by atoms with Crippen molar-refractivity contribution in [2.75, 3.05) is 19.1 Å². The van der Waals surface area contributed by atoms with Crippen LogP contribution in [0, 0.1) is 0 Å². The van der Waals surface area contributed by atoms with Crippen molar-refractivity contribution >= 4 is 30.5 Å².